The zero-order valence-electron chi connectivity index (χ0n) is 79.4. The number of hydrazine groups is 1. The monoisotopic (exact) mass is 1920 g/mol. The zero-order valence-corrected chi connectivity index (χ0v) is 79.4. The Balaban J connectivity index is 0.000000152. The summed E-state index contributed by atoms with van der Waals surface area (Å²) < 4.78 is 34.4. The van der Waals surface area contributed by atoms with Gasteiger partial charge < -0.3 is 72.8 Å². The molecule has 10 N–H and O–H groups in total. The van der Waals surface area contributed by atoms with Gasteiger partial charge in [0.05, 0.1) is 113 Å². The minimum absolute atomic E-state index is 0. The van der Waals surface area contributed by atoms with Crippen LogP contribution in [-0.4, -0.2) is 221 Å². The Kier molecular flexibility index (Phi) is 39.2. The highest BCUT2D eigenvalue weighted by Crippen LogP contribution is 2.25. The molecule has 1 aliphatic heterocycles. The van der Waals surface area contributed by atoms with Gasteiger partial charge in [0.2, 0.25) is 23.5 Å². The van der Waals surface area contributed by atoms with Gasteiger partial charge in [-0.1, -0.05) is 49.1 Å². The third-order valence-corrected chi connectivity index (χ3v) is 22.2. The van der Waals surface area contributed by atoms with E-state index in [2.05, 4.69) is 142 Å². The highest BCUT2D eigenvalue weighted by molar-refractivity contribution is 6.21. The van der Waals surface area contributed by atoms with E-state index in [0.29, 0.717) is 96.2 Å². The number of aromatic nitrogens is 26. The predicted octanol–water partition coefficient (Wildman–Crippen LogP) is 8.76. The van der Waals surface area contributed by atoms with Gasteiger partial charge in [0, 0.05) is 175 Å². The maximum Gasteiger partial charge on any atom is 0.261 e. The fraction of sp³-hybridized carbons (Fsp3) is 0.253. The number of fused-ring (bicyclic) bond motifs is 8. The lowest BCUT2D eigenvalue weighted by Gasteiger charge is -2.23. The average Bonchev–Trinajstić information content (AvgIpc) is 1.48. The standard InChI is InChI=1S/C26H27N7O2.C16H13N5O2.2C15H18N6O.C12H11NO.C8H11N5.C7H7NO2.H4N2.H2O/c1-31-15-20(25(34)21-6-3-4-7-22(21)31)16-32(14-19-8-9-28-24(12-19)35-2)10-5-11-33-18-30-26-23(33)13-27-17-29-26;22-15-11-4-1-2-5-12(11)16(23)21(15)7-3-6-20-10-19-14-13(20)8-17-9-18-14;2*1-22-14-7-12(3-5-18-14)8-16-4-2-6-21-11-20-15-13(21)9-17-10-19-15;1-3-9-8-13(2)11-7-5-4-6-10(11)12(9)14;9-2-1-3-13-6-12-8-7(13)4-10-5-11-8;1-10-7-4-6(5-9)2-3-8-7;1-2;/h3-4,6-9,12-13,15,17-18H,5,10-11,14,16H2,1-2H3;1-2,4-5,8-10H,3,6-7H2;2*3,5,7,9-11,16H,2,4,6,8H2,1H3;3-8H,1H2,2H3;4-6H,1-3,9H2;2-5H,1H3;1-2H2;1H2. The van der Waals surface area contributed by atoms with E-state index in [1.54, 1.807) is 139 Å². The van der Waals surface area contributed by atoms with E-state index >= 15 is 0 Å². The van der Waals surface area contributed by atoms with Crippen molar-refractivity contribution in [3.8, 4) is 23.5 Å². The molecule has 0 aliphatic carbocycles. The van der Waals surface area contributed by atoms with E-state index < -0.39 is 0 Å². The van der Waals surface area contributed by atoms with E-state index in [4.69, 9.17) is 24.7 Å². The summed E-state index contributed by atoms with van der Waals surface area (Å²) in [5.41, 5.74) is 22.0. The lowest BCUT2D eigenvalue weighted by atomic mass is 10.1. The van der Waals surface area contributed by atoms with Gasteiger partial charge in [0.25, 0.3) is 11.8 Å². The fourth-order valence-corrected chi connectivity index (χ4v) is 15.3. The Hall–Kier alpha value is -17.1. The Labute approximate surface area is 815 Å². The van der Waals surface area contributed by atoms with Gasteiger partial charge in [0.1, 0.15) is 65.5 Å². The van der Waals surface area contributed by atoms with Crippen molar-refractivity contribution >= 4 is 102 Å². The first-order chi connectivity index (χ1) is 69.1. The summed E-state index contributed by atoms with van der Waals surface area (Å²) in [5, 5.41) is 8.31. The molecule has 0 atom stereocenters. The van der Waals surface area contributed by atoms with E-state index in [9.17, 15) is 24.0 Å². The van der Waals surface area contributed by atoms with E-state index in [1.165, 1.54) is 49.8 Å². The topological polar surface area (TPSA) is 542 Å². The number of imidazole rings is 5. The van der Waals surface area contributed by atoms with Gasteiger partial charge in [-0.25, -0.2) is 94.7 Å². The summed E-state index contributed by atoms with van der Waals surface area (Å²) in [6.45, 7) is 14.2. The maximum atomic E-state index is 13.3. The van der Waals surface area contributed by atoms with Crippen LogP contribution in [0.25, 0.3) is 83.7 Å². The number of hydrogen-bond acceptors (Lipinski definition) is 34. The molecule has 16 aromatic heterocycles. The number of benzene rings is 3. The van der Waals surface area contributed by atoms with Crippen molar-refractivity contribution in [2.24, 2.45) is 31.5 Å². The van der Waals surface area contributed by atoms with Crippen LogP contribution in [0.15, 0.2) is 269 Å². The van der Waals surface area contributed by atoms with E-state index in [1.807, 2.05) is 136 Å². The van der Waals surface area contributed by atoms with Gasteiger partial charge in [0.15, 0.2) is 39.1 Å². The maximum absolute atomic E-state index is 13.3. The van der Waals surface area contributed by atoms with E-state index in [-0.39, 0.29) is 28.1 Å². The van der Waals surface area contributed by atoms with Gasteiger partial charge in [-0.05, 0) is 129 Å². The Bertz CT molecular complexity index is 7290. The largest absolute Gasteiger partial charge is 0.481 e. The number of nitrogens with one attached hydrogen (secondary N) is 2. The molecular formula is C99H111N33O10. The van der Waals surface area contributed by atoms with Crippen LogP contribution < -0.4 is 57.9 Å². The number of aldehydes is 1. The number of hydrogen-bond donors (Lipinski definition) is 5. The Morgan fingerprint density at radius 3 is 1.18 bits per heavy atom. The van der Waals surface area contributed by atoms with Crippen molar-refractivity contribution in [2.75, 3.05) is 61.2 Å². The summed E-state index contributed by atoms with van der Waals surface area (Å²) in [6.07, 6.45) is 42.6. The molecule has 0 radical (unpaired) electrons. The van der Waals surface area contributed by atoms with Crippen molar-refractivity contribution in [1.29, 1.82) is 0 Å². The minimum atomic E-state index is -0.218. The number of imide groups is 1. The van der Waals surface area contributed by atoms with Crippen LogP contribution in [0.4, 0.5) is 0 Å². The van der Waals surface area contributed by atoms with Crippen LogP contribution in [0.1, 0.15) is 91.0 Å². The van der Waals surface area contributed by atoms with Crippen molar-refractivity contribution < 1.29 is 38.8 Å². The predicted molar refractivity (Wildman–Crippen MR) is 537 cm³/mol. The van der Waals surface area contributed by atoms with Crippen LogP contribution >= 0.6 is 0 Å². The second-order valence-corrected chi connectivity index (χ2v) is 31.5. The lowest BCUT2D eigenvalue weighted by Crippen LogP contribution is -2.31. The fourth-order valence-electron chi connectivity index (χ4n) is 15.3. The summed E-state index contributed by atoms with van der Waals surface area (Å²) in [4.78, 5) is 142. The molecule has 0 spiro atoms. The van der Waals surface area contributed by atoms with Gasteiger partial charge in [-0.15, -0.1) is 0 Å². The second-order valence-electron chi connectivity index (χ2n) is 31.5. The number of carbonyl (C=O) groups excluding carboxylic acids is 3. The number of para-hydroxylation sites is 2. The highest BCUT2D eigenvalue weighted by Gasteiger charge is 2.34. The van der Waals surface area contributed by atoms with Crippen molar-refractivity contribution in [1.82, 2.24) is 147 Å². The van der Waals surface area contributed by atoms with Crippen LogP contribution in [-0.2, 0) is 73.0 Å². The number of aryl methyl sites for hydroxylation is 7. The number of ether oxygens (including phenoxy) is 4. The minimum Gasteiger partial charge on any atom is -0.481 e. The first-order valence-corrected chi connectivity index (χ1v) is 45.0. The average molecular weight is 1920 g/mol. The van der Waals surface area contributed by atoms with Gasteiger partial charge >= 0.3 is 0 Å². The van der Waals surface area contributed by atoms with Gasteiger partial charge in [-0.3, -0.25) is 45.5 Å². The number of rotatable bonds is 33. The molecule has 3 aromatic carbocycles. The molecule has 0 unspecified atom stereocenters. The molecule has 43 nitrogen and oxygen atoms in total. The van der Waals surface area contributed by atoms with Crippen LogP contribution in [0.3, 0.4) is 0 Å². The number of amides is 2. The van der Waals surface area contributed by atoms with Crippen molar-refractivity contribution in [3.63, 3.8) is 0 Å². The molecule has 17 heterocycles. The molecule has 19 aromatic rings. The molecule has 20 rings (SSSR count). The number of carbonyl (C=O) groups is 3. The molecule has 0 saturated heterocycles. The molecule has 0 saturated carbocycles. The smallest absolute Gasteiger partial charge is 0.261 e. The molecule has 732 valence electrons. The summed E-state index contributed by atoms with van der Waals surface area (Å²) >= 11 is 0. The third-order valence-electron chi connectivity index (χ3n) is 22.2. The quantitative estimate of drug-likeness (QED) is 0.00843. The molecule has 142 heavy (non-hydrogen) atoms. The highest BCUT2D eigenvalue weighted by atomic mass is 16.5. The van der Waals surface area contributed by atoms with Crippen LogP contribution in [0.5, 0.6) is 23.5 Å². The zero-order chi connectivity index (χ0) is 99.0. The Morgan fingerprint density at radius 2 is 0.768 bits per heavy atom. The first kappa shape index (κ1) is 104. The van der Waals surface area contributed by atoms with Crippen molar-refractivity contribution in [2.45, 2.75) is 91.0 Å². The molecule has 2 amide bonds. The number of nitrogens with zero attached hydrogens (tertiary/aromatic N) is 28. The molecule has 1 aliphatic rings. The molecular weight excluding hydrogens is 1810 g/mol. The second kappa shape index (κ2) is 53.6. The first-order valence-electron chi connectivity index (χ1n) is 45.0. The number of pyridine rings is 6. The number of nitrogens with two attached hydrogens (primary N) is 3. The third kappa shape index (κ3) is 27.9. The lowest BCUT2D eigenvalue weighted by molar-refractivity contribution is 0.0650. The normalized spacial score (nSPS) is 11.2. The Morgan fingerprint density at radius 1 is 0.401 bits per heavy atom. The SMILES string of the molecule is C=Cc1cn(C)c2ccccc2c1=O.COc1cc(C=O)ccn1.COc1cc(CN(CCCn2cnc3ncncc32)Cc2cn(C)c3ccccc3c2=O)ccn1.COc1cc(CNCCCn2cnc3ncncc32)ccn1.COc1cc(CNCCCn2cnc3ncncc32)ccn1.NCCCn1cnc2ncncc21.NN.O.O=C1c2ccccc2C(=O)N1CCCn1cnc2ncncc21. The molecule has 43 heteroatoms. The number of methoxy groups -OCH3 is 4. The molecule has 0 fully saturated rings. The van der Waals surface area contributed by atoms with Gasteiger partial charge in [-0.2, -0.15) is 0 Å². The summed E-state index contributed by atoms with van der Waals surface area (Å²) in [5.74, 6) is 9.89. The van der Waals surface area contributed by atoms with Crippen molar-refractivity contribution in [3.05, 3.63) is 324 Å². The summed E-state index contributed by atoms with van der Waals surface area (Å²) in [6, 6.07) is 37.2. The van der Waals surface area contributed by atoms with Crippen LogP contribution in [0, 0.1) is 0 Å². The van der Waals surface area contributed by atoms with Crippen LogP contribution in [0.2, 0.25) is 0 Å². The molecule has 0 bridgehead atoms. The van der Waals surface area contributed by atoms with E-state index in [0.717, 1.165) is 179 Å². The summed E-state index contributed by atoms with van der Waals surface area (Å²) in [7, 11) is 10.3.